The molecule has 2 rings (SSSR count). The number of benzene rings is 1. The van der Waals surface area contributed by atoms with Crippen LogP contribution in [0.2, 0.25) is 0 Å². The molecule has 0 fully saturated rings. The van der Waals surface area contributed by atoms with E-state index >= 15 is 0 Å². The Bertz CT molecular complexity index is 627. The Morgan fingerprint density at radius 1 is 1.05 bits per heavy atom. The van der Waals surface area contributed by atoms with Crippen LogP contribution in [-0.4, -0.2) is 32.2 Å². The van der Waals surface area contributed by atoms with Gasteiger partial charge in [0.2, 0.25) is 0 Å². The second kappa shape index (κ2) is 6.60. The summed E-state index contributed by atoms with van der Waals surface area (Å²) in [7, 11) is 5.68. The Kier molecular flexibility index (Phi) is 4.61. The molecule has 0 aliphatic carbocycles. The molecule has 2 aromatic rings. The van der Waals surface area contributed by atoms with Crippen molar-refractivity contribution in [3.63, 3.8) is 0 Å². The molecule has 110 valence electrons. The van der Waals surface area contributed by atoms with E-state index in [1.165, 1.54) is 0 Å². The number of urea groups is 1. The highest BCUT2D eigenvalue weighted by Gasteiger charge is 2.05. The van der Waals surface area contributed by atoms with Crippen LogP contribution < -0.4 is 20.9 Å². The molecule has 0 saturated carbocycles. The van der Waals surface area contributed by atoms with Crippen LogP contribution in [0, 0.1) is 0 Å². The first-order valence-corrected chi connectivity index (χ1v) is 6.58. The quantitative estimate of drug-likeness (QED) is 0.808. The minimum atomic E-state index is -0.327. The van der Waals surface area contributed by atoms with Crippen LogP contribution in [0.4, 0.5) is 27.8 Å². The molecule has 0 unspecified atom stereocenters. The average molecular weight is 285 g/mol. The molecular weight excluding hydrogens is 266 g/mol. The van der Waals surface area contributed by atoms with E-state index in [-0.39, 0.29) is 6.03 Å². The second-order valence-corrected chi connectivity index (χ2v) is 4.68. The van der Waals surface area contributed by atoms with Gasteiger partial charge in [-0.05, 0) is 30.3 Å². The van der Waals surface area contributed by atoms with Crippen molar-refractivity contribution in [1.82, 2.24) is 4.98 Å². The van der Waals surface area contributed by atoms with Crippen molar-refractivity contribution < 1.29 is 4.79 Å². The molecule has 1 aromatic carbocycles. The first-order valence-electron chi connectivity index (χ1n) is 6.58. The van der Waals surface area contributed by atoms with Crippen molar-refractivity contribution in [2.75, 3.05) is 42.0 Å². The number of pyridine rings is 1. The summed E-state index contributed by atoms with van der Waals surface area (Å²) in [5.74, 6) is 1.19. The number of carbonyl (C=O) groups is 1. The summed E-state index contributed by atoms with van der Waals surface area (Å²) in [6.45, 7) is 0. The number of nitrogens with one attached hydrogen (secondary N) is 3. The zero-order valence-electron chi connectivity index (χ0n) is 12.3. The Labute approximate surface area is 124 Å². The van der Waals surface area contributed by atoms with Gasteiger partial charge < -0.3 is 15.5 Å². The maximum atomic E-state index is 12.0. The van der Waals surface area contributed by atoms with E-state index < -0.39 is 0 Å². The molecule has 0 saturated heterocycles. The number of hydrogen-bond donors (Lipinski definition) is 3. The molecule has 21 heavy (non-hydrogen) atoms. The molecule has 0 aliphatic rings. The lowest BCUT2D eigenvalue weighted by atomic mass is 10.2. The number of amides is 2. The summed E-state index contributed by atoms with van der Waals surface area (Å²) in [5.41, 5.74) is 1.74. The monoisotopic (exact) mass is 285 g/mol. The number of anilines is 4. The number of rotatable bonds is 4. The van der Waals surface area contributed by atoms with E-state index in [0.29, 0.717) is 11.6 Å². The van der Waals surface area contributed by atoms with Gasteiger partial charge in [-0.3, -0.25) is 5.32 Å². The molecule has 0 spiro atoms. The number of carbonyl (C=O) groups excluding carboxylic acids is 1. The van der Waals surface area contributed by atoms with E-state index in [2.05, 4.69) is 20.9 Å². The lowest BCUT2D eigenvalue weighted by Gasteiger charge is -2.14. The summed E-state index contributed by atoms with van der Waals surface area (Å²) in [4.78, 5) is 18.2. The molecule has 0 aliphatic heterocycles. The van der Waals surface area contributed by atoms with Gasteiger partial charge in [0.05, 0.1) is 0 Å². The fraction of sp³-hybridized carbons (Fsp3) is 0.200. The number of hydrogen-bond acceptors (Lipinski definition) is 4. The highest BCUT2D eigenvalue weighted by Crippen LogP contribution is 2.17. The maximum Gasteiger partial charge on any atom is 0.324 e. The Balaban J connectivity index is 2.02. The standard InChI is InChI=1S/C15H19N5O/c1-16-13-8-5-9-14(18-13)19-15(21)17-11-6-4-7-12(10-11)20(2)3/h4-10H,1-3H3,(H3,16,17,18,19,21). The lowest BCUT2D eigenvalue weighted by molar-refractivity contribution is 0.262. The third-order valence-electron chi connectivity index (χ3n) is 2.87. The van der Waals surface area contributed by atoms with Crippen molar-refractivity contribution in [1.29, 1.82) is 0 Å². The van der Waals surface area contributed by atoms with Crippen molar-refractivity contribution in [2.24, 2.45) is 0 Å². The van der Waals surface area contributed by atoms with Gasteiger partial charge in [0.1, 0.15) is 11.6 Å². The van der Waals surface area contributed by atoms with E-state index in [1.54, 1.807) is 13.1 Å². The molecule has 3 N–H and O–H groups in total. The minimum Gasteiger partial charge on any atom is -0.378 e. The summed E-state index contributed by atoms with van der Waals surface area (Å²) < 4.78 is 0. The van der Waals surface area contributed by atoms with E-state index in [4.69, 9.17) is 0 Å². The first-order chi connectivity index (χ1) is 10.1. The summed E-state index contributed by atoms with van der Waals surface area (Å²) in [6.07, 6.45) is 0. The summed E-state index contributed by atoms with van der Waals surface area (Å²) >= 11 is 0. The fourth-order valence-electron chi connectivity index (χ4n) is 1.78. The van der Waals surface area contributed by atoms with Crippen LogP contribution in [0.3, 0.4) is 0 Å². The van der Waals surface area contributed by atoms with Gasteiger partial charge >= 0.3 is 6.03 Å². The highest BCUT2D eigenvalue weighted by molar-refractivity contribution is 5.99. The molecular formula is C15H19N5O. The topological polar surface area (TPSA) is 69.3 Å². The Morgan fingerprint density at radius 3 is 2.48 bits per heavy atom. The smallest absolute Gasteiger partial charge is 0.324 e. The molecule has 0 atom stereocenters. The Morgan fingerprint density at radius 2 is 1.76 bits per heavy atom. The van der Waals surface area contributed by atoms with Crippen LogP contribution in [0.5, 0.6) is 0 Å². The van der Waals surface area contributed by atoms with Gasteiger partial charge in [-0.15, -0.1) is 0 Å². The molecule has 0 radical (unpaired) electrons. The Hall–Kier alpha value is -2.76. The van der Waals surface area contributed by atoms with Gasteiger partial charge in [0.25, 0.3) is 0 Å². The molecule has 6 heteroatoms. The minimum absolute atomic E-state index is 0.327. The van der Waals surface area contributed by atoms with Gasteiger partial charge in [0.15, 0.2) is 0 Å². The summed E-state index contributed by atoms with van der Waals surface area (Å²) in [5, 5.41) is 8.41. The van der Waals surface area contributed by atoms with Crippen molar-refractivity contribution in [3.05, 3.63) is 42.5 Å². The van der Waals surface area contributed by atoms with Crippen LogP contribution in [-0.2, 0) is 0 Å². The van der Waals surface area contributed by atoms with Crippen molar-refractivity contribution >= 4 is 29.0 Å². The zero-order chi connectivity index (χ0) is 15.2. The van der Waals surface area contributed by atoms with Gasteiger partial charge in [-0.1, -0.05) is 12.1 Å². The predicted octanol–water partition coefficient (Wildman–Crippen LogP) is 2.83. The zero-order valence-corrected chi connectivity index (χ0v) is 12.3. The SMILES string of the molecule is CNc1cccc(NC(=O)Nc2cccc(N(C)C)c2)n1. The summed E-state index contributed by atoms with van der Waals surface area (Å²) in [6, 6.07) is 12.7. The average Bonchev–Trinajstić information content (AvgIpc) is 2.47. The molecule has 1 heterocycles. The molecule has 0 bridgehead atoms. The fourth-order valence-corrected chi connectivity index (χ4v) is 1.78. The van der Waals surface area contributed by atoms with Crippen molar-refractivity contribution in [3.8, 4) is 0 Å². The van der Waals surface area contributed by atoms with Gasteiger partial charge in [-0.2, -0.15) is 0 Å². The predicted molar refractivity (Wildman–Crippen MR) is 87.2 cm³/mol. The lowest BCUT2D eigenvalue weighted by Crippen LogP contribution is -2.20. The van der Waals surface area contributed by atoms with Crippen LogP contribution in [0.15, 0.2) is 42.5 Å². The number of aromatic nitrogens is 1. The van der Waals surface area contributed by atoms with Crippen LogP contribution in [0.25, 0.3) is 0 Å². The maximum absolute atomic E-state index is 12.0. The third-order valence-corrected chi connectivity index (χ3v) is 2.87. The van der Waals surface area contributed by atoms with E-state index in [0.717, 1.165) is 11.4 Å². The normalized spacial score (nSPS) is 9.86. The highest BCUT2D eigenvalue weighted by atomic mass is 16.2. The van der Waals surface area contributed by atoms with Gasteiger partial charge in [-0.25, -0.2) is 9.78 Å². The van der Waals surface area contributed by atoms with E-state index in [9.17, 15) is 4.79 Å². The van der Waals surface area contributed by atoms with E-state index in [1.807, 2.05) is 55.4 Å². The molecule has 6 nitrogen and oxygen atoms in total. The number of nitrogens with zero attached hydrogens (tertiary/aromatic N) is 2. The van der Waals surface area contributed by atoms with Crippen LogP contribution >= 0.6 is 0 Å². The third kappa shape index (κ3) is 4.10. The van der Waals surface area contributed by atoms with Crippen molar-refractivity contribution in [2.45, 2.75) is 0 Å². The van der Waals surface area contributed by atoms with Gasteiger partial charge in [0, 0.05) is 32.5 Å². The molecule has 2 amide bonds. The van der Waals surface area contributed by atoms with Crippen LogP contribution in [0.1, 0.15) is 0 Å². The first kappa shape index (κ1) is 14.6. The molecule has 1 aromatic heterocycles. The largest absolute Gasteiger partial charge is 0.378 e. The second-order valence-electron chi connectivity index (χ2n) is 4.68.